The second-order valence-corrected chi connectivity index (χ2v) is 6.95. The van der Waals surface area contributed by atoms with Gasteiger partial charge < -0.3 is 0 Å². The molecule has 1 aromatic heterocycles. The van der Waals surface area contributed by atoms with Gasteiger partial charge in [-0.3, -0.25) is 0 Å². The van der Waals surface area contributed by atoms with Gasteiger partial charge in [-0.1, -0.05) is 0 Å². The molecule has 1 heterocycles. The van der Waals surface area contributed by atoms with Crippen LogP contribution in [0.1, 0.15) is 18.3 Å². The second-order valence-electron chi connectivity index (χ2n) is 3.94. The monoisotopic (exact) mass is 336 g/mol. The van der Waals surface area contributed by atoms with Crippen molar-refractivity contribution in [3.63, 3.8) is 0 Å². The van der Waals surface area contributed by atoms with E-state index in [-0.39, 0.29) is 20.3 Å². The van der Waals surface area contributed by atoms with E-state index in [9.17, 15) is 9.50 Å². The van der Waals surface area contributed by atoms with Gasteiger partial charge in [-0.15, -0.1) is 0 Å². The Morgan fingerprint density at radius 3 is 2.67 bits per heavy atom. The molecule has 1 N–H and O–H groups in total. The van der Waals surface area contributed by atoms with E-state index in [1.165, 1.54) is 12.1 Å². The Balaban J connectivity index is 2.76. The summed E-state index contributed by atoms with van der Waals surface area (Å²) in [6.07, 6.45) is 0. The minimum atomic E-state index is -0.839. The molecule has 0 aliphatic heterocycles. The van der Waals surface area contributed by atoms with Crippen LogP contribution in [-0.2, 0) is 5.60 Å². The molecule has 0 saturated carbocycles. The van der Waals surface area contributed by atoms with E-state index in [1.807, 2.05) is 0 Å². The zero-order chi connectivity index (χ0) is 11.2. The molecule has 0 saturated heterocycles. The van der Waals surface area contributed by atoms with E-state index >= 15 is 0 Å². The van der Waals surface area contributed by atoms with Crippen LogP contribution in [-0.4, -0.2) is 19.6 Å². The van der Waals surface area contributed by atoms with Crippen molar-refractivity contribution in [3.8, 4) is 0 Å². The number of hydrogen-bond acceptors (Lipinski definition) is 1. The molecule has 0 bridgehead atoms. The van der Waals surface area contributed by atoms with E-state index in [2.05, 4.69) is 15.9 Å². The number of aliphatic hydroxyl groups is 1. The van der Waals surface area contributed by atoms with Crippen LogP contribution < -0.4 is 0 Å². The average molecular weight is 336 g/mol. The zero-order valence-electron chi connectivity index (χ0n) is 8.34. The molecule has 1 aromatic carbocycles. The van der Waals surface area contributed by atoms with Gasteiger partial charge in [-0.05, 0) is 0 Å². The van der Waals surface area contributed by atoms with Gasteiger partial charge in [0.1, 0.15) is 0 Å². The number of fused-ring (bicyclic) bond motifs is 1. The van der Waals surface area contributed by atoms with Crippen LogP contribution in [0, 0.1) is 5.82 Å². The quantitative estimate of drug-likeness (QED) is 0.794. The van der Waals surface area contributed by atoms with Gasteiger partial charge in [0.2, 0.25) is 0 Å². The van der Waals surface area contributed by atoms with Gasteiger partial charge in [0.25, 0.3) is 0 Å². The molecule has 80 valence electrons. The fourth-order valence-electron chi connectivity index (χ4n) is 1.43. The standard InChI is InChI=1S/C11H10BrFOSe/c1-11(2,14)10-9(12)7-5-6(13)3-4-8(7)15-10/h3-5,14H,1-2H3. The van der Waals surface area contributed by atoms with Crippen molar-refractivity contribution in [1.82, 2.24) is 0 Å². The van der Waals surface area contributed by atoms with Crippen LogP contribution in [0.5, 0.6) is 0 Å². The van der Waals surface area contributed by atoms with Crippen molar-refractivity contribution in [2.75, 3.05) is 0 Å². The van der Waals surface area contributed by atoms with Crippen molar-refractivity contribution in [2.24, 2.45) is 0 Å². The summed E-state index contributed by atoms with van der Waals surface area (Å²) in [5, 5.41) is 10.8. The van der Waals surface area contributed by atoms with Crippen LogP contribution >= 0.6 is 15.9 Å². The Morgan fingerprint density at radius 2 is 2.07 bits per heavy atom. The summed E-state index contributed by atoms with van der Waals surface area (Å²) in [6, 6.07) is 4.78. The van der Waals surface area contributed by atoms with Crippen LogP contribution in [0.3, 0.4) is 0 Å². The third-order valence-corrected chi connectivity index (χ3v) is 6.67. The molecule has 0 aliphatic carbocycles. The normalized spacial score (nSPS) is 12.3. The first-order chi connectivity index (χ1) is 6.89. The predicted octanol–water partition coefficient (Wildman–Crippen LogP) is 3.03. The molecular weight excluding hydrogens is 326 g/mol. The van der Waals surface area contributed by atoms with Crippen molar-refractivity contribution >= 4 is 40.1 Å². The van der Waals surface area contributed by atoms with Gasteiger partial charge >= 0.3 is 102 Å². The van der Waals surface area contributed by atoms with Crippen molar-refractivity contribution in [3.05, 3.63) is 32.9 Å². The number of rotatable bonds is 1. The molecule has 4 heteroatoms. The van der Waals surface area contributed by atoms with Crippen LogP contribution in [0.4, 0.5) is 4.39 Å². The summed E-state index contributed by atoms with van der Waals surface area (Å²) in [4.78, 5) is 0. The van der Waals surface area contributed by atoms with Gasteiger partial charge in [0.05, 0.1) is 0 Å². The van der Waals surface area contributed by atoms with Gasteiger partial charge in [0.15, 0.2) is 0 Å². The fraction of sp³-hybridized carbons (Fsp3) is 0.273. The predicted molar refractivity (Wildman–Crippen MR) is 63.8 cm³/mol. The molecule has 1 nitrogen and oxygen atoms in total. The first-order valence-corrected chi connectivity index (χ1v) is 7.00. The molecule has 0 fully saturated rings. The Kier molecular flexibility index (Phi) is 2.80. The molecule has 2 rings (SSSR count). The first kappa shape index (κ1) is 11.3. The summed E-state index contributed by atoms with van der Waals surface area (Å²) < 4.78 is 16.0. The maximum absolute atomic E-state index is 13.1. The molecule has 0 radical (unpaired) electrons. The average Bonchev–Trinajstić information content (AvgIpc) is 2.43. The Morgan fingerprint density at radius 1 is 1.40 bits per heavy atom. The minimum absolute atomic E-state index is 0.0834. The number of benzene rings is 1. The van der Waals surface area contributed by atoms with Crippen molar-refractivity contribution in [2.45, 2.75) is 19.4 Å². The van der Waals surface area contributed by atoms with E-state index in [0.29, 0.717) is 0 Å². The summed E-state index contributed by atoms with van der Waals surface area (Å²) in [5.41, 5.74) is -0.839. The number of halogens is 2. The van der Waals surface area contributed by atoms with Gasteiger partial charge in [-0.2, -0.15) is 0 Å². The maximum atomic E-state index is 13.1. The molecule has 15 heavy (non-hydrogen) atoms. The van der Waals surface area contributed by atoms with E-state index in [1.54, 1.807) is 19.9 Å². The summed E-state index contributed by atoms with van der Waals surface area (Å²) in [7, 11) is 0. The zero-order valence-corrected chi connectivity index (χ0v) is 11.6. The summed E-state index contributed by atoms with van der Waals surface area (Å²) in [5.74, 6) is -0.238. The Hall–Kier alpha value is -0.151. The Bertz CT molecular complexity index is 513. The molecular formula is C11H10BrFOSe. The SMILES string of the molecule is CC(C)(O)c1[se]c2ccc(F)cc2c1Br. The number of hydrogen-bond donors (Lipinski definition) is 1. The molecule has 0 atom stereocenters. The van der Waals surface area contributed by atoms with Crippen molar-refractivity contribution < 1.29 is 9.50 Å². The van der Waals surface area contributed by atoms with E-state index < -0.39 is 5.60 Å². The molecule has 0 unspecified atom stereocenters. The summed E-state index contributed by atoms with van der Waals surface area (Å²) >= 11 is 3.53. The molecule has 0 amide bonds. The van der Waals surface area contributed by atoms with Crippen LogP contribution in [0.15, 0.2) is 22.7 Å². The Labute approximate surface area is 102 Å². The van der Waals surface area contributed by atoms with Crippen LogP contribution in [0.2, 0.25) is 0 Å². The van der Waals surface area contributed by atoms with Gasteiger partial charge in [-0.25, -0.2) is 0 Å². The third kappa shape index (κ3) is 2.04. The van der Waals surface area contributed by atoms with Crippen LogP contribution in [0.25, 0.3) is 9.65 Å². The second kappa shape index (κ2) is 3.70. The fourth-order valence-corrected chi connectivity index (χ4v) is 5.22. The van der Waals surface area contributed by atoms with Gasteiger partial charge in [0, 0.05) is 0 Å². The molecule has 0 spiro atoms. The molecule has 2 aromatic rings. The first-order valence-electron chi connectivity index (χ1n) is 4.50. The topological polar surface area (TPSA) is 20.2 Å². The van der Waals surface area contributed by atoms with Crippen molar-refractivity contribution in [1.29, 1.82) is 0 Å². The summed E-state index contributed by atoms with van der Waals surface area (Å²) in [6.45, 7) is 3.52. The molecule has 0 aliphatic rings. The van der Waals surface area contributed by atoms with E-state index in [0.717, 1.165) is 18.6 Å². The third-order valence-electron chi connectivity index (χ3n) is 2.15. The van der Waals surface area contributed by atoms with E-state index in [4.69, 9.17) is 0 Å².